The molecule has 1 aromatic heterocycles. The molecular formula is C48H57BN8. The molecule has 292 valence electrons. The molecule has 3 aromatic rings. The highest BCUT2D eigenvalue weighted by Crippen LogP contribution is 2.69. The molecule has 3 saturated carbocycles. The van der Waals surface area contributed by atoms with Crippen LogP contribution in [0.15, 0.2) is 102 Å². The number of para-hydroxylation sites is 2. The van der Waals surface area contributed by atoms with Crippen molar-refractivity contribution in [2.75, 3.05) is 22.9 Å². The molecule has 9 heterocycles. The highest BCUT2D eigenvalue weighted by atomic mass is 15.5. The van der Waals surface area contributed by atoms with E-state index in [-0.39, 0.29) is 0 Å². The molecule has 3 aliphatic carbocycles. The van der Waals surface area contributed by atoms with E-state index in [0.29, 0.717) is 71.9 Å². The first-order valence-electron chi connectivity index (χ1n) is 23.3. The Bertz CT molecular complexity index is 2000. The van der Waals surface area contributed by atoms with E-state index in [9.17, 15) is 0 Å². The third-order valence-electron chi connectivity index (χ3n) is 18.0. The summed E-state index contributed by atoms with van der Waals surface area (Å²) < 4.78 is 0. The monoisotopic (exact) mass is 756 g/mol. The highest BCUT2D eigenvalue weighted by Gasteiger charge is 2.72. The molecule has 4 saturated heterocycles. The number of rotatable bonds is 3. The quantitative estimate of drug-likeness (QED) is 0.269. The zero-order valence-electron chi connectivity index (χ0n) is 33.2. The minimum absolute atomic E-state index is 0.346. The predicted octanol–water partition coefficient (Wildman–Crippen LogP) is 7.40. The third-order valence-corrected chi connectivity index (χ3v) is 18.0. The van der Waals surface area contributed by atoms with Crippen LogP contribution in [0.5, 0.6) is 0 Å². The van der Waals surface area contributed by atoms with Gasteiger partial charge in [-0.1, -0.05) is 62.1 Å². The molecule has 0 bridgehead atoms. The fraction of sp³-hybridized carbons (Fsp3) is 0.583. The second kappa shape index (κ2) is 12.4. The van der Waals surface area contributed by atoms with Crippen molar-refractivity contribution in [1.82, 2.24) is 30.4 Å². The first-order chi connectivity index (χ1) is 28.3. The lowest BCUT2D eigenvalue weighted by molar-refractivity contribution is 0.0129. The number of benzene rings is 2. The molecule has 0 spiro atoms. The Morgan fingerprint density at radius 3 is 1.95 bits per heavy atom. The Balaban J connectivity index is 0.975. The smallest absolute Gasteiger partial charge is 0.159 e. The first kappa shape index (κ1) is 33.1. The molecule has 0 amide bonds. The summed E-state index contributed by atoms with van der Waals surface area (Å²) in [5, 5.41) is 8.48. The van der Waals surface area contributed by atoms with Crippen LogP contribution in [0.2, 0.25) is 17.5 Å². The van der Waals surface area contributed by atoms with Gasteiger partial charge in [-0.05, 0) is 123 Å². The van der Waals surface area contributed by atoms with E-state index in [0.717, 1.165) is 30.7 Å². The molecule has 14 rings (SSSR count). The average molecular weight is 757 g/mol. The molecule has 0 radical (unpaired) electrons. The lowest BCUT2D eigenvalue weighted by atomic mass is 9.18. The van der Waals surface area contributed by atoms with Crippen molar-refractivity contribution in [3.05, 3.63) is 108 Å². The van der Waals surface area contributed by atoms with Crippen molar-refractivity contribution in [3.63, 3.8) is 0 Å². The van der Waals surface area contributed by atoms with Crippen molar-refractivity contribution in [2.45, 2.75) is 149 Å². The highest BCUT2D eigenvalue weighted by molar-refractivity contribution is 6.65. The van der Waals surface area contributed by atoms with Crippen LogP contribution in [0.3, 0.4) is 0 Å². The van der Waals surface area contributed by atoms with Crippen LogP contribution in [0.4, 0.5) is 11.4 Å². The summed E-state index contributed by atoms with van der Waals surface area (Å²) >= 11 is 0. The van der Waals surface area contributed by atoms with Crippen molar-refractivity contribution in [2.24, 2.45) is 11.8 Å². The number of nitrogens with zero attached hydrogens (tertiary/aromatic N) is 6. The third kappa shape index (κ3) is 4.33. The predicted molar refractivity (Wildman–Crippen MR) is 226 cm³/mol. The summed E-state index contributed by atoms with van der Waals surface area (Å²) in [5.74, 6) is 8.16. The lowest BCUT2D eigenvalue weighted by Gasteiger charge is -2.68. The largest absolute Gasteiger partial charge is 0.352 e. The van der Waals surface area contributed by atoms with E-state index in [1.165, 1.54) is 95.0 Å². The molecule has 14 atom stereocenters. The fourth-order valence-electron chi connectivity index (χ4n) is 16.7. The molecule has 7 fully saturated rings. The summed E-state index contributed by atoms with van der Waals surface area (Å²) in [6.07, 6.45) is 19.8. The molecular weight excluding hydrogens is 699 g/mol. The SMILES string of the molecule is c1ccc(N2C3=C(C4CCCCC42)C2NCCC4B5C6CCCC7C8=C(N(c9ccccc9)C9CCCNC89)N(C8CC(c9ncccn9)CC(C58)N3C42)C67)cc1. The normalized spacial score (nSPS) is 42.0. The van der Waals surface area contributed by atoms with E-state index >= 15 is 0 Å². The number of fused-ring (bicyclic) bond motifs is 12. The minimum atomic E-state index is 0.346. The molecule has 2 N–H and O–H groups in total. The Hall–Kier alpha value is -3.82. The van der Waals surface area contributed by atoms with E-state index in [1.807, 2.05) is 18.5 Å². The van der Waals surface area contributed by atoms with Crippen LogP contribution in [0, 0.1) is 11.8 Å². The molecule has 8 nitrogen and oxygen atoms in total. The van der Waals surface area contributed by atoms with Crippen LogP contribution < -0.4 is 20.4 Å². The second-order valence-corrected chi connectivity index (χ2v) is 20.0. The van der Waals surface area contributed by atoms with Gasteiger partial charge < -0.3 is 30.2 Å². The van der Waals surface area contributed by atoms with Gasteiger partial charge in [0.2, 0.25) is 0 Å². The van der Waals surface area contributed by atoms with Crippen LogP contribution >= 0.6 is 0 Å². The molecule has 2 aromatic carbocycles. The Kier molecular flexibility index (Phi) is 7.17. The maximum absolute atomic E-state index is 5.09. The number of aromatic nitrogens is 2. The standard InChI is InChI=1S/C48H57BN8/c1-3-12-29(13-4-1)54-35-19-8-7-16-31(35)39-43-45-34(21-25-51-43)49-33-18-9-17-32-40-42-36(20-10-22-50-42)55(30-14-5-2-6-15-30)48(40)56(44(32)33)37-26-28(46-52-23-11-24-53-46)27-38(41(37)49)57(45)47(39)54/h1-6,11-15,23-24,28,31-38,41-45,50-51H,7-10,16-22,25-27H2. The van der Waals surface area contributed by atoms with Gasteiger partial charge in [-0.15, -0.1) is 0 Å². The van der Waals surface area contributed by atoms with E-state index in [4.69, 9.17) is 9.97 Å². The van der Waals surface area contributed by atoms with Crippen LogP contribution in [0.25, 0.3) is 0 Å². The first-order valence-corrected chi connectivity index (χ1v) is 23.3. The van der Waals surface area contributed by atoms with Gasteiger partial charge in [0.15, 0.2) is 6.71 Å². The molecule has 11 aliphatic rings. The molecule has 8 aliphatic heterocycles. The van der Waals surface area contributed by atoms with Gasteiger partial charge in [0, 0.05) is 71.7 Å². The van der Waals surface area contributed by atoms with E-state index < -0.39 is 0 Å². The summed E-state index contributed by atoms with van der Waals surface area (Å²) in [6, 6.07) is 29.4. The van der Waals surface area contributed by atoms with Gasteiger partial charge in [-0.25, -0.2) is 9.97 Å². The number of piperidine rings is 2. The second-order valence-electron chi connectivity index (χ2n) is 20.0. The summed E-state index contributed by atoms with van der Waals surface area (Å²) in [7, 11) is 0. The Morgan fingerprint density at radius 2 is 1.18 bits per heavy atom. The summed E-state index contributed by atoms with van der Waals surface area (Å²) in [6.45, 7) is 3.10. The summed E-state index contributed by atoms with van der Waals surface area (Å²) in [5.41, 5.74) is 6.43. The Morgan fingerprint density at radius 1 is 0.544 bits per heavy atom. The van der Waals surface area contributed by atoms with Crippen LogP contribution in [0.1, 0.15) is 88.8 Å². The zero-order chi connectivity index (χ0) is 36.9. The number of hydrogen-bond donors (Lipinski definition) is 2. The maximum Gasteiger partial charge on any atom is 0.159 e. The van der Waals surface area contributed by atoms with E-state index in [1.54, 1.807) is 22.8 Å². The molecule has 14 unspecified atom stereocenters. The van der Waals surface area contributed by atoms with Crippen molar-refractivity contribution < 1.29 is 0 Å². The average Bonchev–Trinajstić information content (AvgIpc) is 4.00. The van der Waals surface area contributed by atoms with Crippen molar-refractivity contribution in [1.29, 1.82) is 0 Å². The maximum atomic E-state index is 5.09. The van der Waals surface area contributed by atoms with Crippen molar-refractivity contribution in [3.8, 4) is 0 Å². The van der Waals surface area contributed by atoms with Crippen LogP contribution in [-0.4, -0.2) is 87.9 Å². The van der Waals surface area contributed by atoms with E-state index in [2.05, 4.69) is 90.9 Å². The van der Waals surface area contributed by atoms with Crippen LogP contribution in [-0.2, 0) is 0 Å². The summed E-state index contributed by atoms with van der Waals surface area (Å²) in [4.78, 5) is 22.3. The fourth-order valence-corrected chi connectivity index (χ4v) is 16.7. The number of anilines is 2. The Labute approximate surface area is 338 Å². The number of nitrogens with one attached hydrogen (secondary N) is 2. The van der Waals surface area contributed by atoms with Gasteiger partial charge in [-0.2, -0.15) is 0 Å². The minimum Gasteiger partial charge on any atom is -0.352 e. The van der Waals surface area contributed by atoms with Gasteiger partial charge in [-0.3, -0.25) is 0 Å². The van der Waals surface area contributed by atoms with Gasteiger partial charge in [0.25, 0.3) is 0 Å². The lowest BCUT2D eigenvalue weighted by Crippen LogP contribution is -2.74. The van der Waals surface area contributed by atoms with Gasteiger partial charge in [0.05, 0.1) is 18.1 Å². The molecule has 57 heavy (non-hydrogen) atoms. The zero-order valence-corrected chi connectivity index (χ0v) is 33.2. The van der Waals surface area contributed by atoms with Gasteiger partial charge >= 0.3 is 0 Å². The van der Waals surface area contributed by atoms with Gasteiger partial charge in [0.1, 0.15) is 17.5 Å². The molecule has 9 heteroatoms. The van der Waals surface area contributed by atoms with Crippen molar-refractivity contribution >= 4 is 18.1 Å². The topological polar surface area (TPSA) is 62.8 Å². The number of hydrogen-bond acceptors (Lipinski definition) is 8.